The lowest BCUT2D eigenvalue weighted by Gasteiger charge is -2.12. The lowest BCUT2D eigenvalue weighted by atomic mass is 9.99. The van der Waals surface area contributed by atoms with E-state index in [1.54, 1.807) is 12.1 Å². The molecule has 0 saturated heterocycles. The second-order valence-electron chi connectivity index (χ2n) is 4.66. The topological polar surface area (TPSA) is 21.3 Å². The summed E-state index contributed by atoms with van der Waals surface area (Å²) in [5.41, 5.74) is 2.58. The number of methoxy groups -OCH3 is 1. The van der Waals surface area contributed by atoms with E-state index < -0.39 is 0 Å². The molecule has 2 nitrogen and oxygen atoms in total. The molecule has 0 spiro atoms. The average Bonchev–Trinajstić information content (AvgIpc) is 2.48. The summed E-state index contributed by atoms with van der Waals surface area (Å²) in [6.07, 6.45) is 1.08. The van der Waals surface area contributed by atoms with Gasteiger partial charge in [0.25, 0.3) is 0 Å². The fourth-order valence-corrected chi connectivity index (χ4v) is 2.21. The maximum absolute atomic E-state index is 14.4. The van der Waals surface area contributed by atoms with Crippen LogP contribution in [0.1, 0.15) is 18.9 Å². The van der Waals surface area contributed by atoms with Crippen molar-refractivity contribution in [3.63, 3.8) is 0 Å². The first-order valence-electron chi connectivity index (χ1n) is 6.89. The highest BCUT2D eigenvalue weighted by Gasteiger charge is 2.12. The highest BCUT2D eigenvalue weighted by atomic mass is 19.1. The first-order chi connectivity index (χ1) is 9.77. The number of nitrogens with one attached hydrogen (secondary N) is 1. The zero-order valence-corrected chi connectivity index (χ0v) is 11.9. The number of rotatable bonds is 6. The van der Waals surface area contributed by atoms with E-state index in [4.69, 9.17) is 4.74 Å². The molecule has 20 heavy (non-hydrogen) atoms. The summed E-state index contributed by atoms with van der Waals surface area (Å²) in [5.74, 6) is -0.0308. The second-order valence-corrected chi connectivity index (χ2v) is 4.66. The fourth-order valence-electron chi connectivity index (χ4n) is 2.21. The Morgan fingerprint density at radius 1 is 1.05 bits per heavy atom. The van der Waals surface area contributed by atoms with E-state index >= 15 is 0 Å². The monoisotopic (exact) mass is 273 g/mol. The van der Waals surface area contributed by atoms with E-state index in [0.29, 0.717) is 5.56 Å². The summed E-state index contributed by atoms with van der Waals surface area (Å²) in [4.78, 5) is 0. The van der Waals surface area contributed by atoms with Crippen LogP contribution in [0, 0.1) is 5.82 Å². The molecule has 0 fully saturated rings. The first-order valence-corrected chi connectivity index (χ1v) is 6.89. The van der Waals surface area contributed by atoms with E-state index in [-0.39, 0.29) is 11.6 Å². The molecule has 0 atom stereocenters. The van der Waals surface area contributed by atoms with Gasteiger partial charge in [-0.05, 0) is 30.2 Å². The number of hydrogen-bond donors (Lipinski definition) is 1. The predicted octanol–water partition coefficient (Wildman–Crippen LogP) is 4.00. The minimum absolute atomic E-state index is 0.277. The molecule has 0 heterocycles. The molecule has 0 bridgehead atoms. The van der Waals surface area contributed by atoms with Gasteiger partial charge in [0.1, 0.15) is 0 Å². The van der Waals surface area contributed by atoms with Gasteiger partial charge in [0.2, 0.25) is 0 Å². The van der Waals surface area contributed by atoms with Gasteiger partial charge in [-0.2, -0.15) is 0 Å². The maximum Gasteiger partial charge on any atom is 0.172 e. The van der Waals surface area contributed by atoms with Crippen molar-refractivity contribution in [2.24, 2.45) is 0 Å². The molecule has 0 aliphatic heterocycles. The van der Waals surface area contributed by atoms with Crippen LogP contribution in [0.3, 0.4) is 0 Å². The van der Waals surface area contributed by atoms with Gasteiger partial charge < -0.3 is 10.1 Å². The van der Waals surface area contributed by atoms with Crippen molar-refractivity contribution in [3.8, 4) is 16.9 Å². The molecule has 106 valence electrons. The summed E-state index contributed by atoms with van der Waals surface area (Å²) in [7, 11) is 1.48. The molecule has 2 aromatic carbocycles. The van der Waals surface area contributed by atoms with E-state index in [2.05, 4.69) is 12.2 Å². The molecule has 1 N–H and O–H groups in total. The van der Waals surface area contributed by atoms with E-state index in [9.17, 15) is 4.39 Å². The lowest BCUT2D eigenvalue weighted by molar-refractivity contribution is 0.387. The fraction of sp³-hybridized carbons (Fsp3) is 0.294. The van der Waals surface area contributed by atoms with Crippen LogP contribution >= 0.6 is 0 Å². The van der Waals surface area contributed by atoms with Crippen LogP contribution in [0.4, 0.5) is 4.39 Å². The van der Waals surface area contributed by atoms with Crippen LogP contribution in [0.2, 0.25) is 0 Å². The SMILES string of the molecule is CCCNCc1ccccc1-c1cccc(OC)c1F. The molecular weight excluding hydrogens is 253 g/mol. The van der Waals surface area contributed by atoms with E-state index in [1.165, 1.54) is 7.11 Å². The number of ether oxygens (including phenoxy) is 1. The molecule has 0 amide bonds. The van der Waals surface area contributed by atoms with Gasteiger partial charge in [-0.15, -0.1) is 0 Å². The number of hydrogen-bond acceptors (Lipinski definition) is 2. The Morgan fingerprint density at radius 3 is 2.55 bits per heavy atom. The average molecular weight is 273 g/mol. The summed E-state index contributed by atoms with van der Waals surface area (Å²) in [6, 6.07) is 13.1. The molecule has 2 rings (SSSR count). The Morgan fingerprint density at radius 2 is 1.80 bits per heavy atom. The van der Waals surface area contributed by atoms with Crippen molar-refractivity contribution in [2.45, 2.75) is 19.9 Å². The summed E-state index contributed by atoms with van der Waals surface area (Å²) in [5, 5.41) is 3.36. The van der Waals surface area contributed by atoms with E-state index in [0.717, 1.165) is 30.6 Å². The molecule has 2 aromatic rings. The van der Waals surface area contributed by atoms with Crippen LogP contribution in [0.25, 0.3) is 11.1 Å². The molecular formula is C17H20FNO. The summed E-state index contributed by atoms with van der Waals surface area (Å²) >= 11 is 0. The Bertz CT molecular complexity index is 569. The smallest absolute Gasteiger partial charge is 0.172 e. The van der Waals surface area contributed by atoms with Crippen LogP contribution in [-0.4, -0.2) is 13.7 Å². The van der Waals surface area contributed by atoms with Crippen molar-refractivity contribution < 1.29 is 9.13 Å². The second kappa shape index (κ2) is 7.06. The molecule has 0 aliphatic rings. The van der Waals surface area contributed by atoms with Gasteiger partial charge in [-0.3, -0.25) is 0 Å². The zero-order valence-electron chi connectivity index (χ0n) is 11.9. The minimum atomic E-state index is -0.307. The summed E-state index contributed by atoms with van der Waals surface area (Å²) in [6.45, 7) is 3.82. The Kier molecular flexibility index (Phi) is 5.13. The maximum atomic E-state index is 14.4. The van der Waals surface area contributed by atoms with Crippen LogP contribution in [0.15, 0.2) is 42.5 Å². The largest absolute Gasteiger partial charge is 0.494 e. The first kappa shape index (κ1) is 14.5. The van der Waals surface area contributed by atoms with Crippen LogP contribution < -0.4 is 10.1 Å². The number of benzene rings is 2. The third-order valence-electron chi connectivity index (χ3n) is 3.23. The number of halogens is 1. The third kappa shape index (κ3) is 3.17. The Labute approximate surface area is 119 Å². The van der Waals surface area contributed by atoms with Gasteiger partial charge >= 0.3 is 0 Å². The zero-order chi connectivity index (χ0) is 14.4. The molecule has 0 aromatic heterocycles. The quantitative estimate of drug-likeness (QED) is 0.803. The molecule has 0 saturated carbocycles. The third-order valence-corrected chi connectivity index (χ3v) is 3.23. The molecule has 0 unspecified atom stereocenters. The highest BCUT2D eigenvalue weighted by molar-refractivity contribution is 5.69. The van der Waals surface area contributed by atoms with Gasteiger partial charge in [-0.1, -0.05) is 43.3 Å². The predicted molar refractivity (Wildman–Crippen MR) is 80.4 cm³/mol. The van der Waals surface area contributed by atoms with Gasteiger partial charge in [0.05, 0.1) is 7.11 Å². The van der Waals surface area contributed by atoms with Crippen LogP contribution in [0.5, 0.6) is 5.75 Å². The normalized spacial score (nSPS) is 10.6. The molecule has 3 heteroatoms. The van der Waals surface area contributed by atoms with Crippen molar-refractivity contribution in [3.05, 3.63) is 53.8 Å². The Hall–Kier alpha value is -1.87. The highest BCUT2D eigenvalue weighted by Crippen LogP contribution is 2.31. The van der Waals surface area contributed by atoms with Gasteiger partial charge in [0, 0.05) is 12.1 Å². The summed E-state index contributed by atoms with van der Waals surface area (Å²) < 4.78 is 19.4. The minimum Gasteiger partial charge on any atom is -0.494 e. The molecule has 0 radical (unpaired) electrons. The van der Waals surface area contributed by atoms with Gasteiger partial charge in [0.15, 0.2) is 11.6 Å². The van der Waals surface area contributed by atoms with Crippen LogP contribution in [-0.2, 0) is 6.54 Å². The van der Waals surface area contributed by atoms with Crippen molar-refractivity contribution in [1.29, 1.82) is 0 Å². The van der Waals surface area contributed by atoms with Crippen molar-refractivity contribution in [1.82, 2.24) is 5.32 Å². The van der Waals surface area contributed by atoms with Crippen molar-refractivity contribution in [2.75, 3.05) is 13.7 Å². The lowest BCUT2D eigenvalue weighted by Crippen LogP contribution is -2.14. The standard InChI is InChI=1S/C17H20FNO/c1-3-11-19-12-13-7-4-5-8-14(13)15-9-6-10-16(20-2)17(15)18/h4-10,19H,3,11-12H2,1-2H3. The van der Waals surface area contributed by atoms with Gasteiger partial charge in [-0.25, -0.2) is 4.39 Å². The molecule has 0 aliphatic carbocycles. The van der Waals surface area contributed by atoms with E-state index in [1.807, 2.05) is 30.3 Å². The Balaban J connectivity index is 2.37. The van der Waals surface area contributed by atoms with Crippen molar-refractivity contribution >= 4 is 0 Å².